The Morgan fingerprint density at radius 3 is 1.63 bits per heavy atom. The monoisotopic (exact) mass is 564 g/mol. The summed E-state index contributed by atoms with van der Waals surface area (Å²) < 4.78 is 2.68. The predicted octanol–water partition coefficient (Wildman–Crippen LogP) is 11.3. The third-order valence-corrected chi connectivity index (χ3v) is 9.76. The van der Waals surface area contributed by atoms with Gasteiger partial charge in [-0.25, -0.2) is 4.98 Å². The summed E-state index contributed by atoms with van der Waals surface area (Å²) in [6.07, 6.45) is 1.90. The van der Waals surface area contributed by atoms with Gasteiger partial charge in [-0.2, -0.15) is 0 Å². The average molecular weight is 565 g/mol. The molecule has 43 heavy (non-hydrogen) atoms. The van der Waals surface area contributed by atoms with E-state index in [4.69, 9.17) is 9.97 Å². The minimum atomic E-state index is 0.881. The van der Waals surface area contributed by atoms with Gasteiger partial charge in [0, 0.05) is 36.5 Å². The zero-order valence-corrected chi connectivity index (χ0v) is 24.0. The van der Waals surface area contributed by atoms with Crippen molar-refractivity contribution in [3.8, 4) is 33.5 Å². The lowest BCUT2D eigenvalue weighted by Gasteiger charge is -2.11. The van der Waals surface area contributed by atoms with E-state index >= 15 is 0 Å². The predicted molar refractivity (Wildman–Crippen MR) is 184 cm³/mol. The van der Waals surface area contributed by atoms with Crippen molar-refractivity contribution in [3.63, 3.8) is 0 Å². The maximum absolute atomic E-state index is 5.15. The third-order valence-electron chi connectivity index (χ3n) is 8.54. The summed E-state index contributed by atoms with van der Waals surface area (Å²) in [4.78, 5) is 10.1. The van der Waals surface area contributed by atoms with Crippen molar-refractivity contribution in [1.29, 1.82) is 0 Å². The number of aromatic nitrogens is 2. The Bertz CT molecular complexity index is 2450. The molecular formula is C40H24N2S. The summed E-state index contributed by atoms with van der Waals surface area (Å²) in [6, 6.07) is 49.9. The zero-order valence-electron chi connectivity index (χ0n) is 23.2. The summed E-state index contributed by atoms with van der Waals surface area (Å²) in [6.45, 7) is 0. The van der Waals surface area contributed by atoms with E-state index in [2.05, 4.69) is 140 Å². The van der Waals surface area contributed by atoms with Gasteiger partial charge in [0.2, 0.25) is 0 Å². The molecule has 2 nitrogen and oxygen atoms in total. The molecule has 0 aliphatic carbocycles. The first-order valence-electron chi connectivity index (χ1n) is 14.5. The fourth-order valence-electron chi connectivity index (χ4n) is 6.41. The highest BCUT2D eigenvalue weighted by Gasteiger charge is 2.13. The van der Waals surface area contributed by atoms with E-state index in [1.165, 1.54) is 53.2 Å². The van der Waals surface area contributed by atoms with Crippen LogP contribution in [0.2, 0.25) is 0 Å². The van der Waals surface area contributed by atoms with Gasteiger partial charge in [0.25, 0.3) is 0 Å². The van der Waals surface area contributed by atoms with Crippen molar-refractivity contribution in [1.82, 2.24) is 9.97 Å². The van der Waals surface area contributed by atoms with E-state index < -0.39 is 0 Å². The maximum Gasteiger partial charge on any atom is 0.0979 e. The van der Waals surface area contributed by atoms with Crippen molar-refractivity contribution in [3.05, 3.63) is 146 Å². The van der Waals surface area contributed by atoms with Crippen LogP contribution in [0.15, 0.2) is 146 Å². The number of thiophene rings is 1. The van der Waals surface area contributed by atoms with Gasteiger partial charge >= 0.3 is 0 Å². The van der Waals surface area contributed by atoms with Gasteiger partial charge in [-0.15, -0.1) is 11.3 Å². The molecule has 0 amide bonds. The molecule has 7 aromatic carbocycles. The van der Waals surface area contributed by atoms with E-state index in [1.807, 2.05) is 17.5 Å². The van der Waals surface area contributed by atoms with E-state index in [0.717, 1.165) is 33.1 Å². The zero-order chi connectivity index (χ0) is 28.3. The molecule has 0 saturated carbocycles. The van der Waals surface area contributed by atoms with Crippen LogP contribution in [0.5, 0.6) is 0 Å². The molecule has 3 heteroatoms. The van der Waals surface area contributed by atoms with E-state index in [-0.39, 0.29) is 0 Å². The summed E-state index contributed by atoms with van der Waals surface area (Å²) >= 11 is 1.87. The van der Waals surface area contributed by atoms with Gasteiger partial charge < -0.3 is 0 Å². The fraction of sp³-hybridized carbons (Fsp3) is 0. The summed E-state index contributed by atoms with van der Waals surface area (Å²) in [5.41, 5.74) is 8.73. The van der Waals surface area contributed by atoms with Crippen LogP contribution in [-0.4, -0.2) is 9.97 Å². The second-order valence-electron chi connectivity index (χ2n) is 11.0. The summed E-state index contributed by atoms with van der Waals surface area (Å²) in [5, 5.41) is 7.35. The van der Waals surface area contributed by atoms with Crippen LogP contribution < -0.4 is 0 Å². The lowest BCUT2D eigenvalue weighted by atomic mass is 9.98. The molecule has 2 aromatic heterocycles. The van der Waals surface area contributed by atoms with Gasteiger partial charge in [0.05, 0.1) is 22.9 Å². The van der Waals surface area contributed by atoms with Crippen LogP contribution in [0.1, 0.15) is 0 Å². The molecule has 9 aromatic rings. The molecule has 0 bridgehead atoms. The first-order chi connectivity index (χ1) is 21.3. The Labute approximate surface area is 252 Å². The number of hydrogen-bond donors (Lipinski definition) is 0. The molecular weight excluding hydrogens is 541 g/mol. The smallest absolute Gasteiger partial charge is 0.0979 e. The maximum atomic E-state index is 5.15. The number of nitrogens with zero attached hydrogens (tertiary/aromatic N) is 2. The molecule has 0 N–H and O–H groups in total. The van der Waals surface area contributed by atoms with E-state index in [1.54, 1.807) is 0 Å². The first kappa shape index (κ1) is 24.2. The number of rotatable bonds is 3. The SMILES string of the molecule is c1ccc2c(c1)sc1c(-c3ccc(-c4ccc(-c5cnc6c7ccccc7c7ccccc7c6n5)cc4)cc3)cccc12. The second kappa shape index (κ2) is 9.59. The molecule has 200 valence electrons. The summed E-state index contributed by atoms with van der Waals surface area (Å²) in [7, 11) is 0. The molecule has 0 saturated heterocycles. The summed E-state index contributed by atoms with van der Waals surface area (Å²) in [5.74, 6) is 0. The highest BCUT2D eigenvalue weighted by molar-refractivity contribution is 7.26. The van der Waals surface area contributed by atoms with Crippen LogP contribution in [-0.2, 0) is 0 Å². The molecule has 0 spiro atoms. The van der Waals surface area contributed by atoms with Crippen LogP contribution in [0, 0.1) is 0 Å². The Morgan fingerprint density at radius 1 is 0.395 bits per heavy atom. The highest BCUT2D eigenvalue weighted by Crippen LogP contribution is 2.40. The Morgan fingerprint density at radius 2 is 0.930 bits per heavy atom. The Kier molecular flexibility index (Phi) is 5.40. The normalized spacial score (nSPS) is 11.7. The fourth-order valence-corrected chi connectivity index (χ4v) is 7.65. The molecule has 0 fully saturated rings. The lowest BCUT2D eigenvalue weighted by molar-refractivity contribution is 1.31. The second-order valence-corrected chi connectivity index (χ2v) is 12.0. The Hall–Kier alpha value is -5.38. The third kappa shape index (κ3) is 3.86. The van der Waals surface area contributed by atoms with Crippen LogP contribution >= 0.6 is 11.3 Å². The van der Waals surface area contributed by atoms with Crippen molar-refractivity contribution >= 4 is 64.1 Å². The molecule has 0 unspecified atom stereocenters. The van der Waals surface area contributed by atoms with Gasteiger partial charge in [-0.05, 0) is 39.1 Å². The van der Waals surface area contributed by atoms with Crippen molar-refractivity contribution in [2.75, 3.05) is 0 Å². The molecule has 0 radical (unpaired) electrons. The van der Waals surface area contributed by atoms with E-state index in [0.29, 0.717) is 0 Å². The molecule has 2 heterocycles. The lowest BCUT2D eigenvalue weighted by Crippen LogP contribution is -1.92. The van der Waals surface area contributed by atoms with Crippen LogP contribution in [0.25, 0.3) is 86.3 Å². The highest BCUT2D eigenvalue weighted by atomic mass is 32.1. The standard InChI is InChI=1S/C40H24N2S/c1-3-11-33-30(8-1)31-9-2-4-12-34(31)39-38(33)41-24-36(42-39)28-22-18-26(19-23-28)25-16-20-27(21-17-25)29-13-7-14-35-32-10-5-6-15-37(32)43-40(29)35/h1-24H. The van der Waals surface area contributed by atoms with Gasteiger partial charge in [-0.3, -0.25) is 4.98 Å². The number of fused-ring (bicyclic) bond motifs is 9. The first-order valence-corrected chi connectivity index (χ1v) is 15.3. The molecule has 0 aliphatic rings. The largest absolute Gasteiger partial charge is 0.252 e. The van der Waals surface area contributed by atoms with Crippen LogP contribution in [0.3, 0.4) is 0 Å². The van der Waals surface area contributed by atoms with Crippen molar-refractivity contribution in [2.45, 2.75) is 0 Å². The topological polar surface area (TPSA) is 25.8 Å². The van der Waals surface area contributed by atoms with Gasteiger partial charge in [-0.1, -0.05) is 133 Å². The Balaban J connectivity index is 1.07. The van der Waals surface area contributed by atoms with Gasteiger partial charge in [0.15, 0.2) is 0 Å². The molecule has 9 rings (SSSR count). The number of benzene rings is 7. The minimum absolute atomic E-state index is 0.881. The average Bonchev–Trinajstić information content (AvgIpc) is 3.47. The van der Waals surface area contributed by atoms with E-state index in [9.17, 15) is 0 Å². The number of hydrogen-bond acceptors (Lipinski definition) is 3. The van der Waals surface area contributed by atoms with Gasteiger partial charge in [0.1, 0.15) is 0 Å². The van der Waals surface area contributed by atoms with Crippen LogP contribution in [0.4, 0.5) is 0 Å². The van der Waals surface area contributed by atoms with Crippen molar-refractivity contribution < 1.29 is 0 Å². The molecule has 0 aliphatic heterocycles. The minimum Gasteiger partial charge on any atom is -0.252 e. The quantitative estimate of drug-likeness (QED) is 0.199. The van der Waals surface area contributed by atoms with Crippen molar-refractivity contribution in [2.24, 2.45) is 0 Å². The molecule has 0 atom stereocenters.